The molecule has 0 aromatic carbocycles. The van der Waals surface area contributed by atoms with Crippen LogP contribution < -0.4 is 0 Å². The van der Waals surface area contributed by atoms with Crippen LogP contribution in [0, 0.1) is 46.3 Å². The molecule has 0 aromatic heterocycles. The van der Waals surface area contributed by atoms with Gasteiger partial charge in [-0.25, -0.2) is 0 Å². The Morgan fingerprint density at radius 3 is 2.75 bits per heavy atom. The second kappa shape index (κ2) is 5.90. The number of aldehydes is 1. The predicted molar refractivity (Wildman–Crippen MR) is 100 cm³/mol. The molecule has 28 heavy (non-hydrogen) atoms. The highest BCUT2D eigenvalue weighted by molar-refractivity contribution is 6.06. The van der Waals surface area contributed by atoms with E-state index in [0.717, 1.165) is 44.1 Å². The average molecular weight is 387 g/mol. The van der Waals surface area contributed by atoms with Crippen molar-refractivity contribution < 1.29 is 24.0 Å². The number of Topliss-reactive ketones (excluding diaryl/α,β-unsaturated/α-hetero) is 1. The molecular formula is C22H29NO5. The van der Waals surface area contributed by atoms with Crippen LogP contribution in [0.4, 0.5) is 0 Å². The molecule has 6 aliphatic carbocycles. The van der Waals surface area contributed by atoms with E-state index >= 15 is 0 Å². The number of rotatable bonds is 3. The minimum absolute atomic E-state index is 0.0188. The van der Waals surface area contributed by atoms with Gasteiger partial charge in [-0.2, -0.15) is 0 Å². The van der Waals surface area contributed by atoms with Gasteiger partial charge in [0.25, 0.3) is 0 Å². The van der Waals surface area contributed by atoms with E-state index in [1.54, 1.807) is 7.11 Å². The summed E-state index contributed by atoms with van der Waals surface area (Å²) in [6.45, 7) is 3.61. The molecule has 0 heterocycles. The van der Waals surface area contributed by atoms with Crippen molar-refractivity contribution in [1.29, 1.82) is 0 Å². The predicted octanol–water partition coefficient (Wildman–Crippen LogP) is 2.79. The van der Waals surface area contributed by atoms with E-state index < -0.39 is 16.9 Å². The lowest BCUT2D eigenvalue weighted by Crippen LogP contribution is -2.67. The molecule has 6 aliphatic rings. The SMILES string of the molecule is CO/N=C1\C(C)C2CC3C(=O)C45CCCC(C=O)C4CC(OC(C)=O)C13C5C2. The molecule has 0 N–H and O–H groups in total. The highest BCUT2D eigenvalue weighted by Gasteiger charge is 2.82. The fraction of sp³-hybridized carbons (Fsp3) is 0.818. The molecule has 6 fully saturated rings. The van der Waals surface area contributed by atoms with Crippen LogP contribution in [-0.2, 0) is 24.0 Å². The third-order valence-electron chi connectivity index (χ3n) is 9.19. The molecule has 0 amide bonds. The molecule has 0 radical (unpaired) electrons. The highest BCUT2D eigenvalue weighted by atomic mass is 16.6. The monoisotopic (exact) mass is 387 g/mol. The zero-order chi connectivity index (χ0) is 19.8. The average Bonchev–Trinajstić information content (AvgIpc) is 2.76. The Labute approximate surface area is 165 Å². The van der Waals surface area contributed by atoms with Gasteiger partial charge in [0.1, 0.15) is 25.3 Å². The van der Waals surface area contributed by atoms with E-state index in [2.05, 4.69) is 12.1 Å². The number of oxime groups is 1. The number of carbonyl (C=O) groups excluding carboxylic acids is 3. The molecule has 152 valence electrons. The van der Waals surface area contributed by atoms with Crippen molar-refractivity contribution in [2.75, 3.05) is 7.11 Å². The van der Waals surface area contributed by atoms with Crippen LogP contribution in [0.1, 0.15) is 52.4 Å². The zero-order valence-corrected chi connectivity index (χ0v) is 16.8. The van der Waals surface area contributed by atoms with Gasteiger partial charge in [0.05, 0.1) is 11.1 Å². The van der Waals surface area contributed by atoms with E-state index in [-0.39, 0.29) is 35.6 Å². The number of esters is 1. The van der Waals surface area contributed by atoms with Crippen molar-refractivity contribution in [1.82, 2.24) is 0 Å². The van der Waals surface area contributed by atoms with Gasteiger partial charge in [-0.15, -0.1) is 0 Å². The van der Waals surface area contributed by atoms with Crippen molar-refractivity contribution in [3.8, 4) is 0 Å². The smallest absolute Gasteiger partial charge is 0.302 e. The lowest BCUT2D eigenvalue weighted by molar-refractivity contribution is -0.181. The number of fused-ring (bicyclic) bond motifs is 1. The maximum atomic E-state index is 14.0. The topological polar surface area (TPSA) is 82.0 Å². The highest BCUT2D eigenvalue weighted by Crippen LogP contribution is 2.77. The van der Waals surface area contributed by atoms with Gasteiger partial charge in [-0.1, -0.05) is 18.5 Å². The quantitative estimate of drug-likeness (QED) is 0.422. The Morgan fingerprint density at radius 1 is 1.29 bits per heavy atom. The van der Waals surface area contributed by atoms with Crippen molar-refractivity contribution >= 4 is 23.8 Å². The number of hydrogen-bond acceptors (Lipinski definition) is 6. The second-order valence-electron chi connectivity index (χ2n) is 9.75. The third kappa shape index (κ3) is 1.85. The van der Waals surface area contributed by atoms with Gasteiger partial charge in [-0.05, 0) is 49.9 Å². The van der Waals surface area contributed by atoms with Gasteiger partial charge in [0.15, 0.2) is 0 Å². The van der Waals surface area contributed by atoms with E-state index in [0.29, 0.717) is 18.1 Å². The molecule has 0 saturated heterocycles. The molecule has 0 aliphatic heterocycles. The van der Waals surface area contributed by atoms with Gasteiger partial charge in [0.2, 0.25) is 0 Å². The number of carbonyl (C=O) groups is 3. The van der Waals surface area contributed by atoms with E-state index in [1.165, 1.54) is 6.92 Å². The lowest BCUT2D eigenvalue weighted by Gasteiger charge is -2.63. The fourth-order valence-electron chi connectivity index (χ4n) is 8.51. The van der Waals surface area contributed by atoms with E-state index in [4.69, 9.17) is 9.57 Å². The lowest BCUT2D eigenvalue weighted by atomic mass is 9.40. The molecule has 5 bridgehead atoms. The molecule has 6 saturated carbocycles. The summed E-state index contributed by atoms with van der Waals surface area (Å²) in [6.07, 6.45) is 5.65. The molecule has 2 spiro atoms. The second-order valence-corrected chi connectivity index (χ2v) is 9.75. The summed E-state index contributed by atoms with van der Waals surface area (Å²) in [5, 5.41) is 4.47. The van der Waals surface area contributed by atoms with Crippen LogP contribution >= 0.6 is 0 Å². The Bertz CT molecular complexity index is 777. The van der Waals surface area contributed by atoms with Crippen LogP contribution in [0.2, 0.25) is 0 Å². The van der Waals surface area contributed by atoms with Crippen LogP contribution in [0.15, 0.2) is 5.16 Å². The Hall–Kier alpha value is -1.72. The number of nitrogens with zero attached hydrogens (tertiary/aromatic N) is 1. The Balaban J connectivity index is 1.75. The van der Waals surface area contributed by atoms with Crippen molar-refractivity contribution in [3.05, 3.63) is 0 Å². The first kappa shape index (κ1) is 18.3. The minimum Gasteiger partial charge on any atom is -0.462 e. The largest absolute Gasteiger partial charge is 0.462 e. The number of ketones is 1. The van der Waals surface area contributed by atoms with Crippen molar-refractivity contribution in [2.24, 2.45) is 51.5 Å². The summed E-state index contributed by atoms with van der Waals surface area (Å²) in [7, 11) is 1.55. The first-order valence-corrected chi connectivity index (χ1v) is 10.7. The van der Waals surface area contributed by atoms with Crippen molar-refractivity contribution in [2.45, 2.75) is 58.5 Å². The Morgan fingerprint density at radius 2 is 2.07 bits per heavy atom. The van der Waals surface area contributed by atoms with Crippen LogP contribution in [0.5, 0.6) is 0 Å². The Kier molecular flexibility index (Phi) is 3.86. The molecule has 9 unspecified atom stereocenters. The normalized spacial score (nSPS) is 52.3. The van der Waals surface area contributed by atoms with Crippen LogP contribution in [0.3, 0.4) is 0 Å². The summed E-state index contributed by atoms with van der Waals surface area (Å²) in [4.78, 5) is 43.3. The zero-order valence-electron chi connectivity index (χ0n) is 16.8. The van der Waals surface area contributed by atoms with Crippen LogP contribution in [-0.4, -0.2) is 37.0 Å². The third-order valence-corrected chi connectivity index (χ3v) is 9.19. The molecule has 0 aromatic rings. The fourth-order valence-corrected chi connectivity index (χ4v) is 8.51. The van der Waals surface area contributed by atoms with Gasteiger partial charge in [-0.3, -0.25) is 9.59 Å². The summed E-state index contributed by atoms with van der Waals surface area (Å²) < 4.78 is 5.94. The van der Waals surface area contributed by atoms with Crippen LogP contribution in [0.25, 0.3) is 0 Å². The summed E-state index contributed by atoms with van der Waals surface area (Å²) in [5.74, 6) is 0.420. The number of hydrogen-bond donors (Lipinski definition) is 0. The standard InChI is InChI=1S/C22H29NO5/c1-11-14-7-16-20(26)21-6-4-5-13(10-24)15(21)9-18(28-12(2)25)22(16,17(21)8-14)19(11)23-27-3/h10-11,13-18H,4-9H2,1-3H3/b23-19+. The van der Waals surface area contributed by atoms with Crippen molar-refractivity contribution in [3.63, 3.8) is 0 Å². The summed E-state index contributed by atoms with van der Waals surface area (Å²) >= 11 is 0. The van der Waals surface area contributed by atoms with Gasteiger partial charge in [0, 0.05) is 30.1 Å². The summed E-state index contributed by atoms with van der Waals surface area (Å²) in [6, 6.07) is 0. The van der Waals surface area contributed by atoms with Gasteiger partial charge < -0.3 is 14.4 Å². The minimum atomic E-state index is -0.547. The van der Waals surface area contributed by atoms with E-state index in [9.17, 15) is 14.4 Å². The maximum absolute atomic E-state index is 14.0. The molecule has 6 nitrogen and oxygen atoms in total. The maximum Gasteiger partial charge on any atom is 0.302 e. The molecule has 9 atom stereocenters. The molecule has 6 heteroatoms. The number of ether oxygens (including phenoxy) is 1. The van der Waals surface area contributed by atoms with E-state index in [1.807, 2.05) is 0 Å². The summed E-state index contributed by atoms with van der Waals surface area (Å²) in [5.41, 5.74) is -0.0707. The van der Waals surface area contributed by atoms with Gasteiger partial charge >= 0.3 is 5.97 Å². The molecular weight excluding hydrogens is 358 g/mol. The first-order valence-electron chi connectivity index (χ1n) is 10.7. The molecule has 6 rings (SSSR count). The first-order chi connectivity index (χ1) is 13.4.